The fraction of sp³-hybridized carbons (Fsp3) is 0.480. The van der Waals surface area contributed by atoms with Crippen molar-refractivity contribution in [3.05, 3.63) is 65.2 Å². The van der Waals surface area contributed by atoms with Gasteiger partial charge in [-0.15, -0.1) is 0 Å². The Kier molecular flexibility index (Phi) is 8.73. The smallest absolute Gasteiger partial charge is 0.416 e. The lowest BCUT2D eigenvalue weighted by Crippen LogP contribution is -2.41. The molecule has 0 saturated carbocycles. The number of sulfonamides is 1. The molecule has 8 nitrogen and oxygen atoms in total. The molecular weight excluding hydrogens is 513 g/mol. The van der Waals surface area contributed by atoms with Crippen molar-refractivity contribution in [2.24, 2.45) is 5.16 Å². The van der Waals surface area contributed by atoms with Crippen molar-refractivity contribution in [1.82, 2.24) is 4.31 Å². The van der Waals surface area contributed by atoms with E-state index in [2.05, 4.69) is 5.16 Å². The van der Waals surface area contributed by atoms with Crippen molar-refractivity contribution in [1.29, 1.82) is 0 Å². The predicted octanol–water partition coefficient (Wildman–Crippen LogP) is 4.75. The van der Waals surface area contributed by atoms with Gasteiger partial charge in [-0.1, -0.05) is 24.3 Å². The van der Waals surface area contributed by atoms with Crippen LogP contribution in [0.5, 0.6) is 0 Å². The van der Waals surface area contributed by atoms with Gasteiger partial charge in [0, 0.05) is 19.5 Å². The summed E-state index contributed by atoms with van der Waals surface area (Å²) in [4.78, 5) is -0.0391. The number of hydrogen-bond acceptors (Lipinski definition) is 7. The molecular formula is C25H29F3N2O6S. The van der Waals surface area contributed by atoms with Crippen LogP contribution in [-0.2, 0) is 37.0 Å². The van der Waals surface area contributed by atoms with Gasteiger partial charge in [-0.25, -0.2) is 8.42 Å². The van der Waals surface area contributed by atoms with Gasteiger partial charge >= 0.3 is 6.18 Å². The molecule has 0 radical (unpaired) electrons. The first-order chi connectivity index (χ1) is 17.7. The number of piperidine rings is 1. The van der Waals surface area contributed by atoms with Crippen LogP contribution in [-0.4, -0.2) is 55.9 Å². The Labute approximate surface area is 213 Å². The molecule has 1 unspecified atom stereocenters. The Morgan fingerprint density at radius 2 is 1.76 bits per heavy atom. The van der Waals surface area contributed by atoms with Gasteiger partial charge in [-0.3, -0.25) is 0 Å². The second-order valence-corrected chi connectivity index (χ2v) is 10.8. The molecule has 12 heteroatoms. The third-order valence-electron chi connectivity index (χ3n) is 6.38. The number of rotatable bonds is 7. The lowest BCUT2D eigenvalue weighted by molar-refractivity contribution is -0.137. The van der Waals surface area contributed by atoms with Gasteiger partial charge < -0.3 is 19.4 Å². The first-order valence-electron chi connectivity index (χ1n) is 12.1. The maximum Gasteiger partial charge on any atom is 0.416 e. The second kappa shape index (κ2) is 11.8. The minimum Gasteiger partial charge on any atom is -0.445 e. The van der Waals surface area contributed by atoms with Crippen LogP contribution < -0.4 is 0 Å². The van der Waals surface area contributed by atoms with Crippen LogP contribution >= 0.6 is 0 Å². The standard InChI is InChI=1S/C25H29F3N2O6S/c26-25(27,28)19-10-8-18(9-11-19)17-35-20-12-14-30(15-13-20)37(32,33)22-6-2-1-5-21(22)24(29-31)36-23-7-3-4-16-34-23/h1-2,5-6,8-11,20,23,31H,3-4,7,12-17H2/b29-24+. The average molecular weight is 543 g/mol. The van der Waals surface area contributed by atoms with E-state index in [4.69, 9.17) is 14.2 Å². The zero-order valence-corrected chi connectivity index (χ0v) is 20.9. The molecule has 0 aliphatic carbocycles. The third kappa shape index (κ3) is 6.81. The van der Waals surface area contributed by atoms with Crippen molar-refractivity contribution in [2.45, 2.75) is 62.2 Å². The van der Waals surface area contributed by atoms with Crippen molar-refractivity contribution in [3.8, 4) is 0 Å². The van der Waals surface area contributed by atoms with E-state index in [1.54, 1.807) is 12.1 Å². The minimum atomic E-state index is -4.39. The molecule has 0 spiro atoms. The fourth-order valence-corrected chi connectivity index (χ4v) is 5.97. The molecule has 1 N–H and O–H groups in total. The Hall–Kier alpha value is -2.67. The topological polar surface area (TPSA) is 97.7 Å². The van der Waals surface area contributed by atoms with Gasteiger partial charge in [0.15, 0.2) is 0 Å². The fourth-order valence-electron chi connectivity index (χ4n) is 4.32. The first-order valence-corrected chi connectivity index (χ1v) is 13.5. The van der Waals surface area contributed by atoms with Crippen LogP contribution in [0.4, 0.5) is 13.2 Å². The maximum atomic E-state index is 13.5. The Balaban J connectivity index is 1.37. The number of halogens is 3. The number of oxime groups is 1. The van der Waals surface area contributed by atoms with E-state index in [1.165, 1.54) is 28.6 Å². The van der Waals surface area contributed by atoms with E-state index in [0.717, 1.165) is 25.0 Å². The van der Waals surface area contributed by atoms with Gasteiger partial charge in [0.05, 0.1) is 35.3 Å². The lowest BCUT2D eigenvalue weighted by atomic mass is 10.1. The van der Waals surface area contributed by atoms with Crippen LogP contribution in [0.1, 0.15) is 48.8 Å². The van der Waals surface area contributed by atoms with Crippen molar-refractivity contribution in [3.63, 3.8) is 0 Å². The van der Waals surface area contributed by atoms with Gasteiger partial charge in [-0.2, -0.15) is 17.5 Å². The average Bonchev–Trinajstić information content (AvgIpc) is 2.91. The molecule has 202 valence electrons. The summed E-state index contributed by atoms with van der Waals surface area (Å²) in [5, 5.41) is 12.8. The van der Waals surface area contributed by atoms with Gasteiger partial charge in [0.2, 0.25) is 16.3 Å². The monoisotopic (exact) mass is 542 g/mol. The normalized spacial score (nSPS) is 20.6. The van der Waals surface area contributed by atoms with E-state index in [-0.39, 0.29) is 42.2 Å². The van der Waals surface area contributed by atoms with Gasteiger partial charge in [-0.05, 0) is 60.7 Å². The summed E-state index contributed by atoms with van der Waals surface area (Å²) in [7, 11) is -3.94. The predicted molar refractivity (Wildman–Crippen MR) is 127 cm³/mol. The van der Waals surface area contributed by atoms with Gasteiger partial charge in [0.1, 0.15) is 0 Å². The molecule has 4 rings (SSSR count). The van der Waals surface area contributed by atoms with Crippen molar-refractivity contribution < 1.29 is 41.0 Å². The highest BCUT2D eigenvalue weighted by atomic mass is 32.2. The molecule has 2 aliphatic rings. The van der Waals surface area contributed by atoms with Crippen LogP contribution in [0.25, 0.3) is 0 Å². The van der Waals surface area contributed by atoms with E-state index >= 15 is 0 Å². The third-order valence-corrected chi connectivity index (χ3v) is 8.33. The summed E-state index contributed by atoms with van der Waals surface area (Å²) >= 11 is 0. The zero-order valence-electron chi connectivity index (χ0n) is 20.1. The molecule has 0 bridgehead atoms. The van der Waals surface area contributed by atoms with E-state index < -0.39 is 28.1 Å². The van der Waals surface area contributed by atoms with Crippen LogP contribution in [0.3, 0.4) is 0 Å². The summed E-state index contributed by atoms with van der Waals surface area (Å²) in [6.07, 6.45) is -1.99. The Bertz CT molecular complexity index is 1170. The summed E-state index contributed by atoms with van der Waals surface area (Å²) in [5.41, 5.74) is 0.0238. The SMILES string of the molecule is O=S(=O)(c1ccccc1/C(=N\O)OC1CCCCO1)N1CCC(OCc2ccc(C(F)(F)F)cc2)CC1. The molecule has 2 heterocycles. The van der Waals surface area contributed by atoms with E-state index in [9.17, 15) is 26.8 Å². The van der Waals surface area contributed by atoms with Crippen LogP contribution in [0.15, 0.2) is 58.6 Å². The molecule has 2 aromatic carbocycles. The summed E-state index contributed by atoms with van der Waals surface area (Å²) in [6, 6.07) is 11.0. The number of alkyl halides is 3. The Morgan fingerprint density at radius 1 is 1.05 bits per heavy atom. The molecule has 1 atom stereocenters. The van der Waals surface area contributed by atoms with Crippen LogP contribution in [0, 0.1) is 0 Å². The molecule has 0 aromatic heterocycles. The number of nitrogens with zero attached hydrogens (tertiary/aromatic N) is 2. The molecule has 2 aromatic rings. The zero-order chi connectivity index (χ0) is 26.5. The van der Waals surface area contributed by atoms with Crippen molar-refractivity contribution in [2.75, 3.05) is 19.7 Å². The summed E-state index contributed by atoms with van der Waals surface area (Å²) in [5.74, 6) is -0.221. The minimum absolute atomic E-state index is 0.0391. The number of hydrogen-bond donors (Lipinski definition) is 1. The number of ether oxygens (including phenoxy) is 3. The van der Waals surface area contributed by atoms with Crippen LogP contribution in [0.2, 0.25) is 0 Å². The first kappa shape index (κ1) is 27.4. The van der Waals surface area contributed by atoms with E-state index in [0.29, 0.717) is 31.4 Å². The number of benzene rings is 2. The summed E-state index contributed by atoms with van der Waals surface area (Å²) in [6.45, 7) is 1.05. The maximum absolute atomic E-state index is 13.5. The quantitative estimate of drug-likeness (QED) is 0.235. The highest BCUT2D eigenvalue weighted by Crippen LogP contribution is 2.30. The second-order valence-electron chi connectivity index (χ2n) is 8.92. The van der Waals surface area contributed by atoms with Crippen molar-refractivity contribution >= 4 is 15.9 Å². The molecule has 2 saturated heterocycles. The highest BCUT2D eigenvalue weighted by Gasteiger charge is 2.33. The highest BCUT2D eigenvalue weighted by molar-refractivity contribution is 7.89. The molecule has 2 fully saturated rings. The molecule has 0 amide bonds. The summed E-state index contributed by atoms with van der Waals surface area (Å²) < 4.78 is 83.6. The largest absolute Gasteiger partial charge is 0.445 e. The Morgan fingerprint density at radius 3 is 2.38 bits per heavy atom. The van der Waals surface area contributed by atoms with Gasteiger partial charge in [0.25, 0.3) is 5.90 Å². The molecule has 2 aliphatic heterocycles. The lowest BCUT2D eigenvalue weighted by Gasteiger charge is -2.31. The molecule has 37 heavy (non-hydrogen) atoms. The van der Waals surface area contributed by atoms with E-state index in [1.807, 2.05) is 0 Å².